The molecule has 0 bridgehead atoms. The van der Waals surface area contributed by atoms with Crippen molar-refractivity contribution in [2.45, 2.75) is 19.8 Å². The first-order valence-corrected chi connectivity index (χ1v) is 8.68. The maximum Gasteiger partial charge on any atom is 0.270 e. The van der Waals surface area contributed by atoms with E-state index in [-0.39, 0.29) is 5.91 Å². The van der Waals surface area contributed by atoms with Gasteiger partial charge in [0.2, 0.25) is 0 Å². The molecule has 2 aromatic carbocycles. The summed E-state index contributed by atoms with van der Waals surface area (Å²) in [6, 6.07) is 13.7. The predicted octanol–water partition coefficient (Wildman–Crippen LogP) is 3.04. The second-order valence-corrected chi connectivity index (χ2v) is 5.82. The summed E-state index contributed by atoms with van der Waals surface area (Å²) in [5, 5.41) is 2.93. The van der Waals surface area contributed by atoms with E-state index in [0.717, 1.165) is 17.5 Å². The van der Waals surface area contributed by atoms with Gasteiger partial charge in [0.1, 0.15) is 5.71 Å². The number of hydrogen-bond donors (Lipinski definition) is 1. The number of hydrogen-bond acceptors (Lipinski definition) is 4. The van der Waals surface area contributed by atoms with Gasteiger partial charge in [0, 0.05) is 19.2 Å². The van der Waals surface area contributed by atoms with Crippen molar-refractivity contribution in [3.63, 3.8) is 0 Å². The summed E-state index contributed by atoms with van der Waals surface area (Å²) >= 11 is 0. The smallest absolute Gasteiger partial charge is 0.270 e. The maximum absolute atomic E-state index is 12.5. The molecule has 0 aliphatic rings. The lowest BCUT2D eigenvalue weighted by atomic mass is 10.1. The van der Waals surface area contributed by atoms with Crippen LogP contribution < -0.4 is 14.8 Å². The van der Waals surface area contributed by atoms with Crippen molar-refractivity contribution < 1.29 is 14.3 Å². The molecule has 2 rings (SSSR count). The van der Waals surface area contributed by atoms with Gasteiger partial charge in [-0.2, -0.15) is 0 Å². The van der Waals surface area contributed by atoms with Gasteiger partial charge >= 0.3 is 0 Å². The van der Waals surface area contributed by atoms with Crippen LogP contribution in [0.5, 0.6) is 11.5 Å². The molecule has 138 valence electrons. The lowest BCUT2D eigenvalue weighted by Gasteiger charge is -2.11. The van der Waals surface area contributed by atoms with Crippen molar-refractivity contribution in [1.82, 2.24) is 5.32 Å². The fourth-order valence-corrected chi connectivity index (χ4v) is 2.70. The van der Waals surface area contributed by atoms with Crippen molar-refractivity contribution in [3.8, 4) is 11.5 Å². The lowest BCUT2D eigenvalue weighted by Crippen LogP contribution is -2.33. The summed E-state index contributed by atoms with van der Waals surface area (Å²) in [5.41, 5.74) is 3.57. The molecule has 1 amide bonds. The minimum Gasteiger partial charge on any atom is -0.493 e. The summed E-state index contributed by atoms with van der Waals surface area (Å²) in [4.78, 5) is 16.6. The molecule has 26 heavy (non-hydrogen) atoms. The first-order chi connectivity index (χ1) is 12.6. The molecule has 1 N–H and O–H groups in total. The monoisotopic (exact) mass is 354 g/mol. The molecule has 0 spiro atoms. The van der Waals surface area contributed by atoms with E-state index in [4.69, 9.17) is 9.47 Å². The van der Waals surface area contributed by atoms with Gasteiger partial charge in [0.25, 0.3) is 5.91 Å². The Kier molecular flexibility index (Phi) is 7.21. The van der Waals surface area contributed by atoms with Gasteiger partial charge in [-0.15, -0.1) is 0 Å². The molecule has 0 saturated carbocycles. The van der Waals surface area contributed by atoms with Crippen LogP contribution in [-0.4, -0.2) is 39.4 Å². The molecule has 0 saturated heterocycles. The van der Waals surface area contributed by atoms with E-state index in [1.165, 1.54) is 5.56 Å². The molecule has 0 heterocycles. The maximum atomic E-state index is 12.5. The molecule has 0 fully saturated rings. The van der Waals surface area contributed by atoms with Crippen LogP contribution in [0.2, 0.25) is 0 Å². The Morgan fingerprint density at radius 3 is 2.23 bits per heavy atom. The summed E-state index contributed by atoms with van der Waals surface area (Å²) in [7, 11) is 4.85. The van der Waals surface area contributed by atoms with Gasteiger partial charge in [0.05, 0.1) is 14.2 Å². The Labute approximate surface area is 155 Å². The fraction of sp³-hybridized carbons (Fsp3) is 0.333. The molecular formula is C21H26N2O3. The van der Waals surface area contributed by atoms with Gasteiger partial charge < -0.3 is 14.8 Å². The van der Waals surface area contributed by atoms with E-state index < -0.39 is 0 Å². The fourth-order valence-electron chi connectivity index (χ4n) is 2.70. The normalized spacial score (nSPS) is 11.2. The van der Waals surface area contributed by atoms with Crippen molar-refractivity contribution >= 4 is 11.6 Å². The van der Waals surface area contributed by atoms with Crippen LogP contribution in [0.25, 0.3) is 0 Å². The first-order valence-electron chi connectivity index (χ1n) is 8.68. The standard InChI is InChI=1S/C21H26N2O3/c1-5-15-6-9-17(10-7-15)20(22-2)21(24)23-13-12-16-8-11-18(25-3)19(14-16)26-4/h6-11,14H,5,12-13H2,1-4H3,(H,23,24)/b22-20-. The topological polar surface area (TPSA) is 59.9 Å². The number of aliphatic imine (C=N–C) groups is 1. The van der Waals surface area contributed by atoms with Crippen molar-refractivity contribution in [2.24, 2.45) is 4.99 Å². The number of carbonyl (C=O) groups is 1. The number of aryl methyl sites for hydroxylation is 1. The summed E-state index contributed by atoms with van der Waals surface area (Å²) in [5.74, 6) is 1.21. The molecule has 0 aliphatic carbocycles. The minimum atomic E-state index is -0.169. The minimum absolute atomic E-state index is 0.169. The van der Waals surface area contributed by atoms with Crippen molar-refractivity contribution in [2.75, 3.05) is 27.8 Å². The predicted molar refractivity (Wildman–Crippen MR) is 105 cm³/mol. The highest BCUT2D eigenvalue weighted by atomic mass is 16.5. The Morgan fingerprint density at radius 2 is 1.65 bits per heavy atom. The Morgan fingerprint density at radius 1 is 1.00 bits per heavy atom. The number of amides is 1. The second-order valence-electron chi connectivity index (χ2n) is 5.82. The number of benzene rings is 2. The molecule has 0 aliphatic heterocycles. The average Bonchev–Trinajstić information content (AvgIpc) is 2.69. The van der Waals surface area contributed by atoms with Gasteiger partial charge in [-0.3, -0.25) is 9.79 Å². The van der Waals surface area contributed by atoms with Gasteiger partial charge in [0.15, 0.2) is 11.5 Å². The summed E-state index contributed by atoms with van der Waals surface area (Å²) in [6.45, 7) is 2.62. The van der Waals surface area contributed by atoms with Crippen LogP contribution in [0.1, 0.15) is 23.6 Å². The van der Waals surface area contributed by atoms with Crippen molar-refractivity contribution in [3.05, 3.63) is 59.2 Å². The third-order valence-corrected chi connectivity index (χ3v) is 4.22. The van der Waals surface area contributed by atoms with Crippen LogP contribution in [0.4, 0.5) is 0 Å². The molecule has 0 aromatic heterocycles. The molecular weight excluding hydrogens is 328 g/mol. The van der Waals surface area contributed by atoms with Crippen molar-refractivity contribution in [1.29, 1.82) is 0 Å². The third kappa shape index (κ3) is 4.85. The second kappa shape index (κ2) is 9.61. The quantitative estimate of drug-likeness (QED) is 0.741. The highest BCUT2D eigenvalue weighted by Gasteiger charge is 2.13. The van der Waals surface area contributed by atoms with Crippen LogP contribution in [0, 0.1) is 0 Å². The lowest BCUT2D eigenvalue weighted by molar-refractivity contribution is -0.114. The molecule has 0 atom stereocenters. The SMILES string of the molecule is CCc1ccc(/C(=N/C)C(=O)NCCc2ccc(OC)c(OC)c2)cc1. The largest absolute Gasteiger partial charge is 0.493 e. The highest BCUT2D eigenvalue weighted by Crippen LogP contribution is 2.27. The van der Waals surface area contributed by atoms with E-state index in [0.29, 0.717) is 30.2 Å². The van der Waals surface area contributed by atoms with Crippen LogP contribution in [-0.2, 0) is 17.6 Å². The van der Waals surface area contributed by atoms with E-state index in [2.05, 4.69) is 17.2 Å². The number of nitrogens with one attached hydrogen (secondary N) is 1. The van der Waals surface area contributed by atoms with E-state index in [1.807, 2.05) is 42.5 Å². The van der Waals surface area contributed by atoms with E-state index in [1.54, 1.807) is 21.3 Å². The first kappa shape index (κ1) is 19.5. The Hall–Kier alpha value is -2.82. The van der Waals surface area contributed by atoms with Gasteiger partial charge in [-0.1, -0.05) is 37.3 Å². The van der Waals surface area contributed by atoms with Gasteiger partial charge in [-0.05, 0) is 36.1 Å². The number of ether oxygens (including phenoxy) is 2. The Bertz CT molecular complexity index is 767. The number of methoxy groups -OCH3 is 2. The Balaban J connectivity index is 1.96. The average molecular weight is 354 g/mol. The van der Waals surface area contributed by atoms with E-state index >= 15 is 0 Å². The zero-order chi connectivity index (χ0) is 18.9. The molecule has 2 aromatic rings. The number of rotatable bonds is 8. The van der Waals surface area contributed by atoms with Crippen LogP contribution >= 0.6 is 0 Å². The summed E-state index contributed by atoms with van der Waals surface area (Å²) in [6.07, 6.45) is 1.66. The molecule has 0 unspecified atom stereocenters. The molecule has 0 radical (unpaired) electrons. The zero-order valence-corrected chi connectivity index (χ0v) is 15.8. The van der Waals surface area contributed by atoms with Crippen LogP contribution in [0.15, 0.2) is 47.5 Å². The number of nitrogens with zero attached hydrogens (tertiary/aromatic N) is 1. The van der Waals surface area contributed by atoms with Gasteiger partial charge in [-0.25, -0.2) is 0 Å². The molecule has 5 nitrogen and oxygen atoms in total. The van der Waals surface area contributed by atoms with E-state index in [9.17, 15) is 4.79 Å². The highest BCUT2D eigenvalue weighted by molar-refractivity contribution is 6.45. The zero-order valence-electron chi connectivity index (χ0n) is 15.8. The molecule has 5 heteroatoms. The summed E-state index contributed by atoms with van der Waals surface area (Å²) < 4.78 is 10.5. The third-order valence-electron chi connectivity index (χ3n) is 4.22. The van der Waals surface area contributed by atoms with Crippen LogP contribution in [0.3, 0.4) is 0 Å². The number of carbonyl (C=O) groups excluding carboxylic acids is 1.